The van der Waals surface area contributed by atoms with Gasteiger partial charge in [-0.25, -0.2) is 4.68 Å². The Hall–Kier alpha value is -1.61. The van der Waals surface area contributed by atoms with Gasteiger partial charge in [-0.2, -0.15) is 5.10 Å². The van der Waals surface area contributed by atoms with E-state index in [1.165, 1.54) is 4.68 Å². The van der Waals surface area contributed by atoms with Crippen molar-refractivity contribution in [3.8, 4) is 0 Å². The van der Waals surface area contributed by atoms with Crippen LogP contribution in [-0.4, -0.2) is 15.7 Å². The summed E-state index contributed by atoms with van der Waals surface area (Å²) in [5.41, 5.74) is 2.65. The highest BCUT2D eigenvalue weighted by Crippen LogP contribution is 2.11. The fraction of sp³-hybridized carbons (Fsp3) is 0.231. The minimum absolute atomic E-state index is 0.0297. The van der Waals surface area contributed by atoms with Crippen LogP contribution in [0, 0.1) is 13.8 Å². The fourth-order valence-corrected chi connectivity index (χ4v) is 1.86. The van der Waals surface area contributed by atoms with E-state index in [-0.39, 0.29) is 5.91 Å². The first-order valence-corrected chi connectivity index (χ1v) is 5.75. The predicted molar refractivity (Wildman–Crippen MR) is 67.5 cm³/mol. The molecule has 0 aliphatic carbocycles. The van der Waals surface area contributed by atoms with Crippen LogP contribution >= 0.6 is 11.6 Å². The van der Waals surface area contributed by atoms with E-state index >= 15 is 0 Å². The van der Waals surface area contributed by atoms with Gasteiger partial charge in [0.2, 0.25) is 0 Å². The third-order valence-corrected chi connectivity index (χ3v) is 2.77. The number of halogens is 1. The minimum Gasteiger partial charge on any atom is -0.272 e. The number of nitrogens with zero attached hydrogens (tertiary/aromatic N) is 2. The molecule has 0 unspecified atom stereocenters. The number of carbonyl (C=O) groups excluding carboxylic acids is 1. The van der Waals surface area contributed by atoms with Gasteiger partial charge in [0.1, 0.15) is 0 Å². The maximum atomic E-state index is 12.0. The molecule has 1 aromatic carbocycles. The summed E-state index contributed by atoms with van der Waals surface area (Å²) in [6.07, 6.45) is 0.332. The number of hydrogen-bond acceptors (Lipinski definition) is 2. The molecule has 1 aromatic heterocycles. The standard InChI is InChI=1S/C13H13ClN2O/c1-9-7-10(2)16(15-9)13(17)8-11-3-5-12(14)6-4-11/h3-7H,8H2,1-2H3. The van der Waals surface area contributed by atoms with E-state index in [1.54, 1.807) is 12.1 Å². The Morgan fingerprint density at radius 1 is 1.29 bits per heavy atom. The second kappa shape index (κ2) is 4.72. The van der Waals surface area contributed by atoms with Crippen molar-refractivity contribution in [1.82, 2.24) is 9.78 Å². The molecular formula is C13H13ClN2O. The van der Waals surface area contributed by atoms with Gasteiger partial charge in [0.25, 0.3) is 5.91 Å². The molecule has 2 aromatic rings. The van der Waals surface area contributed by atoms with E-state index in [2.05, 4.69) is 5.10 Å². The normalized spacial score (nSPS) is 10.5. The lowest BCUT2D eigenvalue weighted by Crippen LogP contribution is -2.16. The van der Waals surface area contributed by atoms with E-state index in [9.17, 15) is 4.79 Å². The highest BCUT2D eigenvalue weighted by Gasteiger charge is 2.10. The van der Waals surface area contributed by atoms with Crippen LogP contribution in [-0.2, 0) is 6.42 Å². The average molecular weight is 249 g/mol. The lowest BCUT2D eigenvalue weighted by molar-refractivity contribution is 0.0895. The fourth-order valence-electron chi connectivity index (χ4n) is 1.73. The van der Waals surface area contributed by atoms with Crippen LogP contribution in [0.5, 0.6) is 0 Å². The number of benzene rings is 1. The van der Waals surface area contributed by atoms with Crippen molar-refractivity contribution >= 4 is 17.5 Å². The third-order valence-electron chi connectivity index (χ3n) is 2.51. The lowest BCUT2D eigenvalue weighted by atomic mass is 10.1. The summed E-state index contributed by atoms with van der Waals surface area (Å²) in [5.74, 6) is -0.0297. The van der Waals surface area contributed by atoms with Crippen LogP contribution in [0.1, 0.15) is 21.7 Å². The van der Waals surface area contributed by atoms with Crippen molar-refractivity contribution in [2.45, 2.75) is 20.3 Å². The van der Waals surface area contributed by atoms with Gasteiger partial charge in [-0.15, -0.1) is 0 Å². The van der Waals surface area contributed by atoms with Crippen molar-refractivity contribution in [1.29, 1.82) is 0 Å². The molecule has 0 spiro atoms. The van der Waals surface area contributed by atoms with E-state index in [1.807, 2.05) is 32.0 Å². The second-order valence-corrected chi connectivity index (χ2v) is 4.47. The van der Waals surface area contributed by atoms with Gasteiger partial charge in [-0.1, -0.05) is 23.7 Å². The number of hydrogen-bond donors (Lipinski definition) is 0. The van der Waals surface area contributed by atoms with Crippen molar-refractivity contribution in [3.05, 3.63) is 52.3 Å². The number of aryl methyl sites for hydroxylation is 2. The van der Waals surface area contributed by atoms with Crippen LogP contribution in [0.25, 0.3) is 0 Å². The molecule has 2 rings (SSSR count). The summed E-state index contributed by atoms with van der Waals surface area (Å²) in [4.78, 5) is 12.0. The quantitative estimate of drug-likeness (QED) is 0.819. The van der Waals surface area contributed by atoms with Gasteiger partial charge in [-0.3, -0.25) is 4.79 Å². The van der Waals surface area contributed by atoms with E-state index < -0.39 is 0 Å². The third kappa shape index (κ3) is 2.74. The van der Waals surface area contributed by atoms with Gasteiger partial charge in [0.15, 0.2) is 0 Å². The van der Waals surface area contributed by atoms with Gasteiger partial charge < -0.3 is 0 Å². The van der Waals surface area contributed by atoms with E-state index in [4.69, 9.17) is 11.6 Å². The molecule has 0 aliphatic heterocycles. The summed E-state index contributed by atoms with van der Waals surface area (Å²) in [6, 6.07) is 9.16. The van der Waals surface area contributed by atoms with E-state index in [0.717, 1.165) is 17.0 Å². The van der Waals surface area contributed by atoms with E-state index in [0.29, 0.717) is 11.4 Å². The molecular weight excluding hydrogens is 236 g/mol. The second-order valence-electron chi connectivity index (χ2n) is 4.04. The van der Waals surface area contributed by atoms with Gasteiger partial charge in [0, 0.05) is 10.7 Å². The summed E-state index contributed by atoms with van der Waals surface area (Å²) in [7, 11) is 0. The lowest BCUT2D eigenvalue weighted by Gasteiger charge is -2.03. The summed E-state index contributed by atoms with van der Waals surface area (Å²) in [5, 5.41) is 4.84. The Morgan fingerprint density at radius 2 is 1.94 bits per heavy atom. The molecule has 0 bridgehead atoms. The molecule has 88 valence electrons. The highest BCUT2D eigenvalue weighted by molar-refractivity contribution is 6.30. The first-order chi connectivity index (χ1) is 8.06. The van der Waals surface area contributed by atoms with Gasteiger partial charge in [0.05, 0.1) is 12.1 Å². The molecule has 0 radical (unpaired) electrons. The molecule has 17 heavy (non-hydrogen) atoms. The predicted octanol–water partition coefficient (Wildman–Crippen LogP) is 3.04. The first kappa shape index (κ1) is 11.9. The van der Waals surface area contributed by atoms with Crippen LogP contribution in [0.3, 0.4) is 0 Å². The Labute approximate surface area is 105 Å². The summed E-state index contributed by atoms with van der Waals surface area (Å²) in [6.45, 7) is 3.75. The number of carbonyl (C=O) groups is 1. The molecule has 0 atom stereocenters. The topological polar surface area (TPSA) is 34.9 Å². The SMILES string of the molecule is Cc1cc(C)n(C(=O)Cc2ccc(Cl)cc2)n1. The molecule has 0 saturated heterocycles. The van der Waals surface area contributed by atoms with Crippen molar-refractivity contribution in [2.24, 2.45) is 0 Å². The zero-order valence-corrected chi connectivity index (χ0v) is 10.5. The number of rotatable bonds is 2. The highest BCUT2D eigenvalue weighted by atomic mass is 35.5. The summed E-state index contributed by atoms with van der Waals surface area (Å²) < 4.78 is 1.45. The molecule has 0 fully saturated rings. The molecule has 0 saturated carbocycles. The molecule has 0 N–H and O–H groups in total. The average Bonchev–Trinajstić information content (AvgIpc) is 2.61. The Kier molecular flexibility index (Phi) is 3.29. The monoisotopic (exact) mass is 248 g/mol. The zero-order chi connectivity index (χ0) is 12.4. The van der Waals surface area contributed by atoms with Crippen LogP contribution in [0.4, 0.5) is 0 Å². The molecule has 0 aliphatic rings. The van der Waals surface area contributed by atoms with Gasteiger partial charge >= 0.3 is 0 Å². The molecule has 4 heteroatoms. The summed E-state index contributed by atoms with van der Waals surface area (Å²) >= 11 is 5.79. The van der Waals surface area contributed by atoms with Crippen LogP contribution < -0.4 is 0 Å². The van der Waals surface area contributed by atoms with Crippen LogP contribution in [0.2, 0.25) is 5.02 Å². The Balaban J connectivity index is 2.17. The van der Waals surface area contributed by atoms with Gasteiger partial charge in [-0.05, 0) is 37.6 Å². The molecule has 0 amide bonds. The Morgan fingerprint density at radius 3 is 2.47 bits per heavy atom. The number of aromatic nitrogens is 2. The molecule has 3 nitrogen and oxygen atoms in total. The smallest absolute Gasteiger partial charge is 0.251 e. The molecule has 1 heterocycles. The minimum atomic E-state index is -0.0297. The largest absolute Gasteiger partial charge is 0.272 e. The van der Waals surface area contributed by atoms with Crippen molar-refractivity contribution < 1.29 is 4.79 Å². The maximum Gasteiger partial charge on any atom is 0.251 e. The first-order valence-electron chi connectivity index (χ1n) is 5.37. The van der Waals surface area contributed by atoms with Crippen molar-refractivity contribution in [2.75, 3.05) is 0 Å². The van der Waals surface area contributed by atoms with Crippen molar-refractivity contribution in [3.63, 3.8) is 0 Å². The Bertz CT molecular complexity index is 543. The zero-order valence-electron chi connectivity index (χ0n) is 9.77. The maximum absolute atomic E-state index is 12.0. The van der Waals surface area contributed by atoms with Crippen LogP contribution in [0.15, 0.2) is 30.3 Å².